The molecule has 1 N–H and O–H groups in total. The molecule has 0 unspecified atom stereocenters. The molecule has 2 nitrogen and oxygen atoms in total. The third kappa shape index (κ3) is 24.5. The molecule has 0 atom stereocenters. The van der Waals surface area contributed by atoms with Gasteiger partial charge in [0.25, 0.3) is 0 Å². The average Bonchev–Trinajstić information content (AvgIpc) is 2.31. The van der Waals surface area contributed by atoms with Crippen LogP contribution in [0, 0.1) is 5.41 Å². The van der Waals surface area contributed by atoms with E-state index in [1.54, 1.807) is 12.2 Å². The van der Waals surface area contributed by atoms with Crippen molar-refractivity contribution in [3.8, 4) is 0 Å². The number of alkyl halides is 1. The fourth-order valence-corrected chi connectivity index (χ4v) is 0.492. The molecule has 0 bridgehead atoms. The van der Waals surface area contributed by atoms with Gasteiger partial charge in [-0.25, -0.2) is 0 Å². The van der Waals surface area contributed by atoms with Gasteiger partial charge in [0.15, 0.2) is 0 Å². The highest BCUT2D eigenvalue weighted by Crippen LogP contribution is 1.93. The maximum absolute atomic E-state index is 5.50. The smallest absolute Gasteiger partial charge is 0.0626 e. The summed E-state index contributed by atoms with van der Waals surface area (Å²) in [5.74, 6) is 0. The summed E-state index contributed by atoms with van der Waals surface area (Å²) < 4.78 is 0. The molecule has 0 aliphatic rings. The standard InChI is InChI=1S/C6H9N.C5H7Br.CH3N/c1-4-6(2)5-7-3;1-3-5(2)4-6;1-2/h4H,1-3,5H2;3H,1-2,4H2;2H,1H2. The van der Waals surface area contributed by atoms with Crippen LogP contribution >= 0.6 is 15.9 Å². The Labute approximate surface area is 101 Å². The van der Waals surface area contributed by atoms with Crippen LogP contribution in [0.3, 0.4) is 0 Å². The van der Waals surface area contributed by atoms with Crippen LogP contribution in [0.4, 0.5) is 0 Å². The van der Waals surface area contributed by atoms with Crippen LogP contribution in [0.2, 0.25) is 0 Å². The molecule has 0 fully saturated rings. The number of nitrogens with zero attached hydrogens (tertiary/aromatic N) is 1. The Bertz CT molecular complexity index is 220. The van der Waals surface area contributed by atoms with E-state index in [1.165, 1.54) is 0 Å². The summed E-state index contributed by atoms with van der Waals surface area (Å²) in [7, 11) is 0. The lowest BCUT2D eigenvalue weighted by Crippen LogP contribution is -1.77. The first-order valence-corrected chi connectivity index (χ1v) is 5.18. The highest BCUT2D eigenvalue weighted by molar-refractivity contribution is 9.09. The van der Waals surface area contributed by atoms with Gasteiger partial charge in [0.2, 0.25) is 0 Å². The quantitative estimate of drug-likeness (QED) is 0.448. The number of hydrogen-bond donors (Lipinski definition) is 1. The number of halogens is 1. The molecule has 0 aliphatic carbocycles. The van der Waals surface area contributed by atoms with Crippen molar-refractivity contribution in [3.63, 3.8) is 0 Å². The van der Waals surface area contributed by atoms with Crippen molar-refractivity contribution in [2.24, 2.45) is 4.99 Å². The van der Waals surface area contributed by atoms with E-state index in [0.717, 1.165) is 16.5 Å². The predicted molar refractivity (Wildman–Crippen MR) is 76.7 cm³/mol. The second-order valence-corrected chi connectivity index (χ2v) is 2.80. The molecule has 0 radical (unpaired) electrons. The first-order chi connectivity index (χ1) is 7.12. The van der Waals surface area contributed by atoms with Crippen LogP contribution in [-0.2, 0) is 0 Å². The lowest BCUT2D eigenvalue weighted by Gasteiger charge is -1.86. The van der Waals surface area contributed by atoms with E-state index in [0.29, 0.717) is 6.54 Å². The topological polar surface area (TPSA) is 36.2 Å². The van der Waals surface area contributed by atoms with E-state index in [-0.39, 0.29) is 0 Å². The van der Waals surface area contributed by atoms with Crippen LogP contribution in [0.25, 0.3) is 0 Å². The van der Waals surface area contributed by atoms with Gasteiger partial charge < -0.3 is 5.41 Å². The van der Waals surface area contributed by atoms with Gasteiger partial charge in [0.1, 0.15) is 0 Å². The second kappa shape index (κ2) is 18.5. The summed E-state index contributed by atoms with van der Waals surface area (Å²) in [6, 6.07) is 0. The van der Waals surface area contributed by atoms with Gasteiger partial charge in [-0.1, -0.05) is 54.4 Å². The van der Waals surface area contributed by atoms with Gasteiger partial charge in [-0.05, 0) is 24.6 Å². The lowest BCUT2D eigenvalue weighted by atomic mass is 10.3. The number of hydrogen-bond acceptors (Lipinski definition) is 2. The van der Waals surface area contributed by atoms with Crippen LogP contribution in [0.5, 0.6) is 0 Å². The lowest BCUT2D eigenvalue weighted by molar-refractivity contribution is 1.21. The third-order valence-corrected chi connectivity index (χ3v) is 1.78. The zero-order valence-corrected chi connectivity index (χ0v) is 10.7. The third-order valence-electron chi connectivity index (χ3n) is 1.06. The number of allylic oxidation sites excluding steroid dienone is 2. The van der Waals surface area contributed by atoms with Crippen LogP contribution in [-0.4, -0.2) is 25.3 Å². The molecule has 0 aliphatic heterocycles. The molecule has 0 spiro atoms. The SMILES string of the molecule is C=CC(=C)CBr.C=CC(=C)CN=C.C=N. The second-order valence-electron chi connectivity index (χ2n) is 2.24. The minimum absolute atomic E-state index is 0.601. The van der Waals surface area contributed by atoms with Crippen LogP contribution in [0.15, 0.2) is 54.6 Å². The molecule has 0 amide bonds. The predicted octanol–water partition coefficient (Wildman–Crippen LogP) is 3.82. The maximum atomic E-state index is 5.50. The van der Waals surface area contributed by atoms with E-state index in [1.807, 2.05) is 0 Å². The van der Waals surface area contributed by atoms with Crippen molar-refractivity contribution in [2.75, 3.05) is 11.9 Å². The Morgan fingerprint density at radius 1 is 1.13 bits per heavy atom. The van der Waals surface area contributed by atoms with Crippen molar-refractivity contribution < 1.29 is 0 Å². The Hall–Kier alpha value is -1.22. The molecule has 15 heavy (non-hydrogen) atoms. The van der Waals surface area contributed by atoms with Crippen LogP contribution < -0.4 is 0 Å². The Kier molecular flexibility index (Phi) is 23.9. The van der Waals surface area contributed by atoms with Crippen molar-refractivity contribution in [1.29, 1.82) is 5.41 Å². The van der Waals surface area contributed by atoms with E-state index in [9.17, 15) is 0 Å². The van der Waals surface area contributed by atoms with Gasteiger partial charge in [-0.2, -0.15) is 0 Å². The maximum Gasteiger partial charge on any atom is 0.0626 e. The van der Waals surface area contributed by atoms with Crippen LogP contribution in [0.1, 0.15) is 0 Å². The molecule has 0 saturated carbocycles. The van der Waals surface area contributed by atoms with Gasteiger partial charge in [0, 0.05) is 5.33 Å². The van der Waals surface area contributed by atoms with Crippen molar-refractivity contribution >= 4 is 29.4 Å². The monoisotopic (exact) mass is 270 g/mol. The molecular formula is C12H19BrN2. The largest absolute Gasteiger partial charge is 0.317 e. The van der Waals surface area contributed by atoms with Gasteiger partial charge >= 0.3 is 0 Å². The minimum Gasteiger partial charge on any atom is -0.317 e. The highest BCUT2D eigenvalue weighted by Gasteiger charge is 1.76. The molecule has 84 valence electrons. The number of rotatable bonds is 5. The summed E-state index contributed by atoms with van der Waals surface area (Å²) in [5, 5.41) is 6.33. The van der Waals surface area contributed by atoms with E-state index in [2.05, 4.69) is 60.7 Å². The van der Waals surface area contributed by atoms with Gasteiger partial charge in [-0.3, -0.25) is 4.99 Å². The molecule has 0 aromatic carbocycles. The van der Waals surface area contributed by atoms with Crippen molar-refractivity contribution in [2.45, 2.75) is 0 Å². The fourth-order valence-electron chi connectivity index (χ4n) is 0.263. The highest BCUT2D eigenvalue weighted by atomic mass is 79.9. The summed E-state index contributed by atoms with van der Waals surface area (Å²) in [6.07, 6.45) is 3.41. The normalized spacial score (nSPS) is 6.73. The van der Waals surface area contributed by atoms with E-state index >= 15 is 0 Å². The Morgan fingerprint density at radius 2 is 1.53 bits per heavy atom. The first kappa shape index (κ1) is 19.4. The van der Waals surface area contributed by atoms with Gasteiger partial charge in [-0.15, -0.1) is 0 Å². The Morgan fingerprint density at radius 3 is 1.60 bits per heavy atom. The summed E-state index contributed by atoms with van der Waals surface area (Å²) >= 11 is 3.20. The molecule has 0 saturated heterocycles. The zero-order valence-electron chi connectivity index (χ0n) is 9.14. The Balaban J connectivity index is -0.000000166. The molecule has 3 heteroatoms. The van der Waals surface area contributed by atoms with Gasteiger partial charge in [0.05, 0.1) is 6.54 Å². The average molecular weight is 271 g/mol. The van der Waals surface area contributed by atoms with Crippen molar-refractivity contribution in [3.05, 3.63) is 49.6 Å². The first-order valence-electron chi connectivity index (χ1n) is 4.06. The zero-order chi connectivity index (χ0) is 12.7. The number of aliphatic imine (C=N–C) groups is 1. The molecule has 0 aromatic heterocycles. The molecular weight excluding hydrogens is 252 g/mol. The molecule has 0 heterocycles. The van der Waals surface area contributed by atoms with Crippen molar-refractivity contribution in [1.82, 2.24) is 0 Å². The number of nitrogens with one attached hydrogen (secondary N) is 1. The molecule has 0 aromatic rings. The summed E-state index contributed by atoms with van der Waals surface area (Å²) in [5.41, 5.74) is 1.94. The van der Waals surface area contributed by atoms with E-state index < -0.39 is 0 Å². The fraction of sp³-hybridized carbons (Fsp3) is 0.167. The summed E-state index contributed by atoms with van der Waals surface area (Å²) in [6.45, 7) is 20.6. The molecule has 0 rings (SSSR count). The van der Waals surface area contributed by atoms with E-state index in [4.69, 9.17) is 5.41 Å². The summed E-state index contributed by atoms with van der Waals surface area (Å²) in [4.78, 5) is 3.59. The minimum atomic E-state index is 0.601.